The number of amides is 1. The van der Waals surface area contributed by atoms with Crippen molar-refractivity contribution in [3.8, 4) is 22.8 Å². The van der Waals surface area contributed by atoms with Gasteiger partial charge in [0.25, 0.3) is 12.3 Å². The summed E-state index contributed by atoms with van der Waals surface area (Å²) in [4.78, 5) is 12.0. The van der Waals surface area contributed by atoms with Crippen LogP contribution in [-0.4, -0.2) is 15.7 Å². The number of alkyl halides is 2. The number of nitrogens with one attached hydrogen (secondary N) is 1. The minimum atomic E-state index is -2.91. The molecule has 140 valence electrons. The highest BCUT2D eigenvalue weighted by atomic mass is 35.5. The van der Waals surface area contributed by atoms with Crippen LogP contribution in [-0.2, 0) is 7.05 Å². The molecule has 3 rings (SSSR count). The zero-order valence-electron chi connectivity index (χ0n) is 14.1. The maximum Gasteiger partial charge on any atom is 0.282 e. The van der Waals surface area contributed by atoms with Gasteiger partial charge < -0.3 is 4.74 Å². The highest BCUT2D eigenvalue weighted by Gasteiger charge is 2.28. The van der Waals surface area contributed by atoms with Gasteiger partial charge in [-0.15, -0.1) is 0 Å². The summed E-state index contributed by atoms with van der Waals surface area (Å²) in [5, 5.41) is 4.30. The monoisotopic (exact) mass is 392 g/mol. The smallest absolute Gasteiger partial charge is 0.282 e. The van der Waals surface area contributed by atoms with Crippen molar-refractivity contribution < 1.29 is 18.3 Å². The number of benzene rings is 2. The van der Waals surface area contributed by atoms with E-state index in [-0.39, 0.29) is 11.3 Å². The molecule has 27 heavy (non-hydrogen) atoms. The number of nitrogens with zero attached hydrogens (tertiary/aromatic N) is 2. The van der Waals surface area contributed by atoms with E-state index >= 15 is 0 Å². The number of nitrogens with two attached hydrogens (primary N) is 1. The van der Waals surface area contributed by atoms with Crippen LogP contribution < -0.4 is 16.0 Å². The summed E-state index contributed by atoms with van der Waals surface area (Å²) >= 11 is 5.92. The van der Waals surface area contributed by atoms with Gasteiger partial charge in [0.2, 0.25) is 0 Å². The number of hydrogen-bond donors (Lipinski definition) is 2. The van der Waals surface area contributed by atoms with Crippen molar-refractivity contribution in [1.82, 2.24) is 15.2 Å². The van der Waals surface area contributed by atoms with Gasteiger partial charge in [-0.1, -0.05) is 17.7 Å². The Balaban J connectivity index is 1.96. The highest BCUT2D eigenvalue weighted by molar-refractivity contribution is 6.30. The van der Waals surface area contributed by atoms with Crippen LogP contribution in [0.5, 0.6) is 11.5 Å². The number of carbonyl (C=O) groups is 1. The Hall–Kier alpha value is -2.97. The molecule has 0 aliphatic carbocycles. The predicted molar refractivity (Wildman–Crippen MR) is 96.8 cm³/mol. The third kappa shape index (κ3) is 3.91. The molecule has 9 heteroatoms. The van der Waals surface area contributed by atoms with E-state index in [1.54, 1.807) is 48.5 Å². The third-order valence-electron chi connectivity index (χ3n) is 3.80. The first-order chi connectivity index (χ1) is 12.9. The van der Waals surface area contributed by atoms with Gasteiger partial charge >= 0.3 is 0 Å². The van der Waals surface area contributed by atoms with Crippen LogP contribution in [0.4, 0.5) is 8.78 Å². The van der Waals surface area contributed by atoms with Crippen LogP contribution in [0.25, 0.3) is 11.3 Å². The molecule has 0 saturated heterocycles. The summed E-state index contributed by atoms with van der Waals surface area (Å²) in [6, 6.07) is 13.5. The molecule has 0 bridgehead atoms. The maximum absolute atomic E-state index is 13.2. The van der Waals surface area contributed by atoms with E-state index in [1.807, 2.05) is 5.43 Å². The van der Waals surface area contributed by atoms with Gasteiger partial charge in [0.1, 0.15) is 17.2 Å². The third-order valence-corrected chi connectivity index (χ3v) is 4.03. The SMILES string of the molecule is Cn1nc(C(F)F)c(C(=O)NN)c1-c1ccc(Oc2cccc(Cl)c2)cc1. The Morgan fingerprint density at radius 2 is 1.93 bits per heavy atom. The second kappa shape index (κ2) is 7.73. The van der Waals surface area contributed by atoms with E-state index in [2.05, 4.69) is 5.10 Å². The molecule has 6 nitrogen and oxygen atoms in total. The van der Waals surface area contributed by atoms with E-state index in [4.69, 9.17) is 22.2 Å². The van der Waals surface area contributed by atoms with Gasteiger partial charge in [0.15, 0.2) is 0 Å². The normalized spacial score (nSPS) is 10.9. The lowest BCUT2D eigenvalue weighted by Crippen LogP contribution is -2.31. The van der Waals surface area contributed by atoms with E-state index in [1.165, 1.54) is 11.7 Å². The highest BCUT2D eigenvalue weighted by Crippen LogP contribution is 2.33. The average Bonchev–Trinajstić information content (AvgIpc) is 2.99. The number of ether oxygens (including phenoxy) is 1. The number of hydrazine groups is 1. The molecule has 0 aliphatic heterocycles. The fourth-order valence-electron chi connectivity index (χ4n) is 2.67. The van der Waals surface area contributed by atoms with Crippen molar-refractivity contribution in [3.63, 3.8) is 0 Å². The van der Waals surface area contributed by atoms with E-state index in [0.717, 1.165) is 0 Å². The summed E-state index contributed by atoms with van der Waals surface area (Å²) < 4.78 is 33.4. The molecule has 1 amide bonds. The Kier molecular flexibility index (Phi) is 5.38. The van der Waals surface area contributed by atoms with E-state index < -0.39 is 18.0 Å². The topological polar surface area (TPSA) is 82.2 Å². The molecule has 0 fully saturated rings. The van der Waals surface area contributed by atoms with E-state index in [9.17, 15) is 13.6 Å². The molecule has 3 aromatic rings. The van der Waals surface area contributed by atoms with Crippen molar-refractivity contribution in [2.75, 3.05) is 0 Å². The second-order valence-corrected chi connectivity index (χ2v) is 6.03. The van der Waals surface area contributed by atoms with Gasteiger partial charge in [-0.25, -0.2) is 14.6 Å². The molecule has 2 aromatic carbocycles. The molecule has 0 unspecified atom stereocenters. The van der Waals surface area contributed by atoms with Crippen molar-refractivity contribution in [3.05, 3.63) is 64.8 Å². The van der Waals surface area contributed by atoms with Crippen LogP contribution in [0, 0.1) is 0 Å². The second-order valence-electron chi connectivity index (χ2n) is 5.59. The van der Waals surface area contributed by atoms with Crippen LogP contribution in [0.3, 0.4) is 0 Å². The number of carbonyl (C=O) groups excluding carboxylic acids is 1. The molecule has 0 aliphatic rings. The summed E-state index contributed by atoms with van der Waals surface area (Å²) in [6.07, 6.45) is -2.91. The molecular formula is C18H15ClF2N4O2. The minimum absolute atomic E-state index is 0.225. The lowest BCUT2D eigenvalue weighted by Gasteiger charge is -2.09. The molecule has 0 atom stereocenters. The first-order valence-electron chi connectivity index (χ1n) is 7.80. The Morgan fingerprint density at radius 3 is 2.52 bits per heavy atom. The van der Waals surface area contributed by atoms with Gasteiger partial charge in [-0.3, -0.25) is 14.9 Å². The largest absolute Gasteiger partial charge is 0.457 e. The van der Waals surface area contributed by atoms with Crippen LogP contribution in [0.1, 0.15) is 22.5 Å². The number of aryl methyl sites for hydroxylation is 1. The van der Waals surface area contributed by atoms with Gasteiger partial charge in [-0.2, -0.15) is 5.10 Å². The fraction of sp³-hybridized carbons (Fsp3) is 0.111. The molecular weight excluding hydrogens is 378 g/mol. The van der Waals surface area contributed by atoms with Gasteiger partial charge in [-0.05, 0) is 42.5 Å². The van der Waals surface area contributed by atoms with E-state index in [0.29, 0.717) is 22.1 Å². The van der Waals surface area contributed by atoms with Crippen molar-refractivity contribution in [2.45, 2.75) is 6.43 Å². The molecule has 0 spiro atoms. The molecule has 1 heterocycles. The maximum atomic E-state index is 13.2. The summed E-state index contributed by atoms with van der Waals surface area (Å²) in [5.74, 6) is 5.37. The van der Waals surface area contributed by atoms with Gasteiger partial charge in [0.05, 0.1) is 11.3 Å². The number of aromatic nitrogens is 2. The number of halogens is 3. The molecule has 0 saturated carbocycles. The van der Waals surface area contributed by atoms with Crippen molar-refractivity contribution >= 4 is 17.5 Å². The molecule has 3 N–H and O–H groups in total. The predicted octanol–water partition coefficient (Wildman–Crippen LogP) is 4.07. The van der Waals surface area contributed by atoms with Gasteiger partial charge in [0, 0.05) is 17.6 Å². The Labute approximate surface area is 158 Å². The Bertz CT molecular complexity index is 974. The number of hydrogen-bond acceptors (Lipinski definition) is 4. The first kappa shape index (κ1) is 18.8. The number of nitrogen functional groups attached to an aromatic ring is 1. The Morgan fingerprint density at radius 1 is 1.22 bits per heavy atom. The molecule has 1 aromatic heterocycles. The molecule has 0 radical (unpaired) electrons. The standard InChI is InChI=1S/C18H15ClF2N4O2/c1-25-16(14(18(26)23-22)15(24-25)17(20)21)10-5-7-12(8-6-10)27-13-4-2-3-11(19)9-13/h2-9,17H,22H2,1H3,(H,23,26). The fourth-order valence-corrected chi connectivity index (χ4v) is 2.85. The number of rotatable bonds is 5. The lowest BCUT2D eigenvalue weighted by atomic mass is 10.0. The first-order valence-corrected chi connectivity index (χ1v) is 8.18. The quantitative estimate of drug-likeness (QED) is 0.389. The zero-order chi connectivity index (χ0) is 19.6. The summed E-state index contributed by atoms with van der Waals surface area (Å²) in [7, 11) is 1.48. The van der Waals surface area contributed by atoms with Crippen molar-refractivity contribution in [2.24, 2.45) is 12.9 Å². The zero-order valence-corrected chi connectivity index (χ0v) is 14.9. The van der Waals surface area contributed by atoms with Crippen molar-refractivity contribution in [1.29, 1.82) is 0 Å². The van der Waals surface area contributed by atoms with Crippen LogP contribution in [0.2, 0.25) is 5.02 Å². The van der Waals surface area contributed by atoms with Crippen LogP contribution >= 0.6 is 11.6 Å². The van der Waals surface area contributed by atoms with Crippen LogP contribution in [0.15, 0.2) is 48.5 Å². The lowest BCUT2D eigenvalue weighted by molar-refractivity contribution is 0.0939. The average molecular weight is 393 g/mol. The summed E-state index contributed by atoms with van der Waals surface area (Å²) in [6.45, 7) is 0. The minimum Gasteiger partial charge on any atom is -0.457 e. The summed E-state index contributed by atoms with van der Waals surface area (Å²) in [5.41, 5.74) is 1.72.